The van der Waals surface area contributed by atoms with Crippen molar-refractivity contribution in [3.05, 3.63) is 35.9 Å². The third kappa shape index (κ3) is 9.25. The number of nitrogens with one attached hydrogen (secondary N) is 2. The van der Waals surface area contributed by atoms with Gasteiger partial charge in [-0.15, -0.1) is 0 Å². The molecule has 10 nitrogen and oxygen atoms in total. The van der Waals surface area contributed by atoms with Crippen LogP contribution in [0.3, 0.4) is 0 Å². The topological polar surface area (TPSA) is 120 Å². The Balaban J connectivity index is 2.19. The minimum atomic E-state index is -0.851. The molecule has 1 aromatic rings. The van der Waals surface area contributed by atoms with Gasteiger partial charge in [-0.25, -0.2) is 0 Å². The van der Waals surface area contributed by atoms with E-state index < -0.39 is 30.3 Å². The van der Waals surface area contributed by atoms with E-state index in [4.69, 9.17) is 9.47 Å². The fourth-order valence-corrected chi connectivity index (χ4v) is 6.64. The third-order valence-electron chi connectivity index (χ3n) is 9.49. The number of amides is 3. The van der Waals surface area contributed by atoms with Gasteiger partial charge in [0.2, 0.25) is 17.7 Å². The molecule has 9 atom stereocenters. The van der Waals surface area contributed by atoms with Crippen LogP contribution in [0.25, 0.3) is 0 Å². The van der Waals surface area contributed by atoms with E-state index in [1.165, 1.54) is 0 Å². The number of aliphatic hydroxyl groups excluding tert-OH is 1. The predicted octanol–water partition coefficient (Wildman–Crippen LogP) is 3.39. The average molecular weight is 619 g/mol. The zero-order chi connectivity index (χ0) is 33.1. The number of hydrogen-bond acceptors (Lipinski definition) is 7. The van der Waals surface area contributed by atoms with Gasteiger partial charge in [-0.3, -0.25) is 14.4 Å². The van der Waals surface area contributed by atoms with Crippen molar-refractivity contribution in [2.24, 2.45) is 17.8 Å². The lowest BCUT2D eigenvalue weighted by atomic mass is 9.89. The quantitative estimate of drug-likeness (QED) is 0.245. The first kappa shape index (κ1) is 37.7. The molecule has 1 aliphatic heterocycles. The molecule has 0 bridgehead atoms. The van der Waals surface area contributed by atoms with Gasteiger partial charge in [0.05, 0.1) is 54.8 Å². The van der Waals surface area contributed by atoms with Crippen molar-refractivity contribution in [3.8, 4) is 0 Å². The predicted molar refractivity (Wildman–Crippen MR) is 173 cm³/mol. The summed E-state index contributed by atoms with van der Waals surface area (Å²) in [5, 5.41) is 16.8. The summed E-state index contributed by atoms with van der Waals surface area (Å²) in [6, 6.07) is 7.81. The molecule has 0 unspecified atom stereocenters. The molecule has 1 heterocycles. The maximum atomic E-state index is 13.9. The van der Waals surface area contributed by atoms with Crippen LogP contribution >= 0.6 is 0 Å². The van der Waals surface area contributed by atoms with Gasteiger partial charge in [0, 0.05) is 27.8 Å². The second-order valence-electron chi connectivity index (χ2n) is 12.8. The van der Waals surface area contributed by atoms with E-state index in [9.17, 15) is 19.5 Å². The number of rotatable bonds is 17. The number of carbonyl (C=O) groups is 3. The van der Waals surface area contributed by atoms with Gasteiger partial charge in [-0.05, 0) is 44.2 Å². The number of nitrogens with zero attached hydrogens (tertiary/aromatic N) is 2. The monoisotopic (exact) mass is 618 g/mol. The fraction of sp³-hybridized carbons (Fsp3) is 0.735. The molecule has 10 heteroatoms. The van der Waals surface area contributed by atoms with Crippen LogP contribution in [0.5, 0.6) is 0 Å². The van der Waals surface area contributed by atoms with E-state index in [2.05, 4.69) is 24.5 Å². The Labute approximate surface area is 265 Å². The highest BCUT2D eigenvalue weighted by Crippen LogP contribution is 2.30. The fourth-order valence-electron chi connectivity index (χ4n) is 6.64. The molecule has 2 rings (SSSR count). The number of benzene rings is 1. The zero-order valence-corrected chi connectivity index (χ0v) is 28.6. The van der Waals surface area contributed by atoms with Crippen LogP contribution in [-0.2, 0) is 23.9 Å². The lowest BCUT2D eigenvalue weighted by molar-refractivity contribution is -0.147. The van der Waals surface area contributed by atoms with E-state index in [-0.39, 0.29) is 54.1 Å². The van der Waals surface area contributed by atoms with Crippen LogP contribution in [-0.4, -0.2) is 104 Å². The molecule has 0 radical (unpaired) electrons. The standard InChI is InChI=1S/C34H58N4O6/c1-11-22(4)30(37(8)34(42)29(35-7)21(2)3)27(43-9)20-28(39)38-19-15-18-26(38)32(44-10)23(5)33(41)36-24(6)31(40)25-16-13-12-14-17-25/h12-14,16-17,21-24,26-27,29-32,35,40H,11,15,18-20H2,1-10H3,(H,36,41)/t22-,23+,24+,26-,27+,29-,30-,31+,32+/m0/s1. The lowest BCUT2D eigenvalue weighted by Crippen LogP contribution is -2.56. The lowest BCUT2D eigenvalue weighted by Gasteiger charge is -2.40. The van der Waals surface area contributed by atoms with Crippen LogP contribution in [0.2, 0.25) is 0 Å². The zero-order valence-electron chi connectivity index (χ0n) is 28.6. The van der Waals surface area contributed by atoms with Crippen molar-refractivity contribution in [1.82, 2.24) is 20.4 Å². The molecular formula is C34H58N4O6. The third-order valence-corrected chi connectivity index (χ3v) is 9.49. The SMILES string of the molecule is CC[C@H](C)[C@@H]([C@@H](CC(=O)N1CCC[C@H]1[C@H](OC)[C@@H](C)C(=O)N[C@H](C)[C@@H](O)c1ccccc1)OC)N(C)C(=O)[C@@H](NC)C(C)C. The Kier molecular flexibility index (Phi) is 15.3. The van der Waals surface area contributed by atoms with Crippen molar-refractivity contribution < 1.29 is 29.0 Å². The Hall–Kier alpha value is -2.53. The smallest absolute Gasteiger partial charge is 0.240 e. The number of aliphatic hydroxyl groups is 1. The van der Waals surface area contributed by atoms with Gasteiger partial charge in [0.25, 0.3) is 0 Å². The van der Waals surface area contributed by atoms with Crippen LogP contribution < -0.4 is 10.6 Å². The highest BCUT2D eigenvalue weighted by molar-refractivity contribution is 5.83. The number of methoxy groups -OCH3 is 2. The molecule has 0 saturated carbocycles. The molecule has 250 valence electrons. The van der Waals surface area contributed by atoms with Crippen LogP contribution in [0.1, 0.15) is 78.9 Å². The van der Waals surface area contributed by atoms with Crippen molar-refractivity contribution in [2.45, 2.75) is 110 Å². The molecule has 0 aromatic heterocycles. The molecule has 1 saturated heterocycles. The van der Waals surface area contributed by atoms with E-state index in [0.29, 0.717) is 13.0 Å². The summed E-state index contributed by atoms with van der Waals surface area (Å²) in [6.07, 6.45) is 0.577. The van der Waals surface area contributed by atoms with E-state index >= 15 is 0 Å². The van der Waals surface area contributed by atoms with E-state index in [0.717, 1.165) is 18.4 Å². The summed E-state index contributed by atoms with van der Waals surface area (Å²) in [6.45, 7) is 12.3. The summed E-state index contributed by atoms with van der Waals surface area (Å²) in [7, 11) is 6.76. The molecule has 3 N–H and O–H groups in total. The molecule has 44 heavy (non-hydrogen) atoms. The molecule has 0 spiro atoms. The first-order valence-electron chi connectivity index (χ1n) is 16.2. The van der Waals surface area contributed by atoms with Gasteiger partial charge in [0.15, 0.2) is 0 Å². The number of carbonyl (C=O) groups excluding carboxylic acids is 3. The van der Waals surface area contributed by atoms with Gasteiger partial charge >= 0.3 is 0 Å². The molecule has 0 aliphatic carbocycles. The van der Waals surface area contributed by atoms with Crippen molar-refractivity contribution in [2.75, 3.05) is 34.9 Å². The van der Waals surface area contributed by atoms with Gasteiger partial charge in [0.1, 0.15) is 0 Å². The van der Waals surface area contributed by atoms with Crippen molar-refractivity contribution in [3.63, 3.8) is 0 Å². The van der Waals surface area contributed by atoms with E-state index in [1.54, 1.807) is 47.1 Å². The summed E-state index contributed by atoms with van der Waals surface area (Å²) >= 11 is 0. The number of likely N-dealkylation sites (N-methyl/N-ethyl adjacent to an activating group) is 2. The van der Waals surface area contributed by atoms with Crippen LogP contribution in [0.15, 0.2) is 30.3 Å². The molecular weight excluding hydrogens is 560 g/mol. The molecule has 3 amide bonds. The molecule has 1 aliphatic rings. The highest BCUT2D eigenvalue weighted by Gasteiger charge is 2.42. The van der Waals surface area contributed by atoms with Gasteiger partial charge in [-0.2, -0.15) is 0 Å². The summed E-state index contributed by atoms with van der Waals surface area (Å²) < 4.78 is 11.8. The van der Waals surface area contributed by atoms with Gasteiger partial charge < -0.3 is 35.0 Å². The van der Waals surface area contributed by atoms with Crippen molar-refractivity contribution in [1.29, 1.82) is 0 Å². The Morgan fingerprint density at radius 3 is 2.23 bits per heavy atom. The summed E-state index contributed by atoms with van der Waals surface area (Å²) in [4.78, 5) is 44.3. The van der Waals surface area contributed by atoms with Crippen LogP contribution in [0, 0.1) is 17.8 Å². The second-order valence-corrected chi connectivity index (χ2v) is 12.8. The maximum absolute atomic E-state index is 13.9. The first-order chi connectivity index (χ1) is 20.8. The number of hydrogen-bond donors (Lipinski definition) is 3. The Bertz CT molecular complexity index is 1040. The number of ether oxygens (including phenoxy) is 2. The summed E-state index contributed by atoms with van der Waals surface area (Å²) in [5.41, 5.74) is 0.727. The van der Waals surface area contributed by atoms with Crippen LogP contribution in [0.4, 0.5) is 0 Å². The number of likely N-dealkylation sites (tertiary alicyclic amines) is 1. The molecule has 1 aromatic carbocycles. The second kappa shape index (κ2) is 17.8. The maximum Gasteiger partial charge on any atom is 0.240 e. The van der Waals surface area contributed by atoms with E-state index in [1.807, 2.05) is 49.1 Å². The first-order valence-corrected chi connectivity index (χ1v) is 16.2. The molecule has 1 fully saturated rings. The highest BCUT2D eigenvalue weighted by atomic mass is 16.5. The largest absolute Gasteiger partial charge is 0.386 e. The normalized spacial score (nSPS) is 20.7. The van der Waals surface area contributed by atoms with Crippen molar-refractivity contribution >= 4 is 17.7 Å². The Morgan fingerprint density at radius 1 is 1.07 bits per heavy atom. The van der Waals surface area contributed by atoms with Gasteiger partial charge in [-0.1, -0.05) is 71.4 Å². The Morgan fingerprint density at radius 2 is 1.70 bits per heavy atom. The minimum absolute atomic E-state index is 0.0211. The average Bonchev–Trinajstić information content (AvgIpc) is 3.50. The summed E-state index contributed by atoms with van der Waals surface area (Å²) in [5.74, 6) is -0.695. The minimum Gasteiger partial charge on any atom is -0.386 e.